The number of benzene rings is 1. The lowest BCUT2D eigenvalue weighted by molar-refractivity contribution is 0.102. The van der Waals surface area contributed by atoms with E-state index in [1.165, 1.54) is 6.33 Å². The van der Waals surface area contributed by atoms with E-state index in [1.54, 1.807) is 6.07 Å². The van der Waals surface area contributed by atoms with Gasteiger partial charge in [-0.2, -0.15) is 0 Å². The van der Waals surface area contributed by atoms with E-state index < -0.39 is 0 Å². The summed E-state index contributed by atoms with van der Waals surface area (Å²) in [5, 5.41) is 2.91. The summed E-state index contributed by atoms with van der Waals surface area (Å²) in [5.74, 6) is 0.592. The van der Waals surface area contributed by atoms with Crippen molar-refractivity contribution < 1.29 is 4.79 Å². The van der Waals surface area contributed by atoms with Crippen LogP contribution in [0, 0.1) is 6.92 Å². The average Bonchev–Trinajstić information content (AvgIpc) is 2.57. The molecule has 1 amide bonds. The summed E-state index contributed by atoms with van der Waals surface area (Å²) >= 11 is 0. The summed E-state index contributed by atoms with van der Waals surface area (Å²) in [6.45, 7) is 8.07. The van der Waals surface area contributed by atoms with Gasteiger partial charge in [0, 0.05) is 24.8 Å². The summed E-state index contributed by atoms with van der Waals surface area (Å²) in [6, 6.07) is 9.46. The SMILES string of the molecule is CCCN(CCC)c1cc(C(=O)Nc2ccccc2C)ncn1. The van der Waals surface area contributed by atoms with Gasteiger partial charge in [0.15, 0.2) is 0 Å². The molecular formula is C18H24N4O. The van der Waals surface area contributed by atoms with Gasteiger partial charge in [0.25, 0.3) is 5.91 Å². The number of nitrogens with one attached hydrogen (secondary N) is 1. The first-order valence-electron chi connectivity index (χ1n) is 8.09. The van der Waals surface area contributed by atoms with Crippen LogP contribution >= 0.6 is 0 Å². The van der Waals surface area contributed by atoms with Crippen LogP contribution in [-0.2, 0) is 0 Å². The maximum absolute atomic E-state index is 12.4. The van der Waals surface area contributed by atoms with E-state index in [1.807, 2.05) is 31.2 Å². The molecule has 5 heteroatoms. The van der Waals surface area contributed by atoms with Crippen LogP contribution < -0.4 is 10.2 Å². The van der Waals surface area contributed by atoms with E-state index >= 15 is 0 Å². The highest BCUT2D eigenvalue weighted by Gasteiger charge is 2.13. The predicted molar refractivity (Wildman–Crippen MR) is 94.0 cm³/mol. The predicted octanol–water partition coefficient (Wildman–Crippen LogP) is 3.66. The van der Waals surface area contributed by atoms with Crippen LogP contribution in [0.15, 0.2) is 36.7 Å². The molecule has 0 unspecified atom stereocenters. The molecule has 1 N–H and O–H groups in total. The van der Waals surface area contributed by atoms with E-state index in [4.69, 9.17) is 0 Å². The molecule has 0 spiro atoms. The third-order valence-electron chi connectivity index (χ3n) is 3.59. The highest BCUT2D eigenvalue weighted by molar-refractivity contribution is 6.03. The fourth-order valence-corrected chi connectivity index (χ4v) is 2.42. The van der Waals surface area contributed by atoms with Crippen molar-refractivity contribution in [3.63, 3.8) is 0 Å². The highest BCUT2D eigenvalue weighted by atomic mass is 16.1. The number of carbonyl (C=O) groups is 1. The first-order chi connectivity index (χ1) is 11.2. The van der Waals surface area contributed by atoms with Crippen molar-refractivity contribution in [3.05, 3.63) is 47.9 Å². The molecule has 0 aliphatic carbocycles. The number of aryl methyl sites for hydroxylation is 1. The van der Waals surface area contributed by atoms with Gasteiger partial charge in [-0.15, -0.1) is 0 Å². The quantitative estimate of drug-likeness (QED) is 0.847. The lowest BCUT2D eigenvalue weighted by Crippen LogP contribution is -2.26. The van der Waals surface area contributed by atoms with Crippen LogP contribution in [0.2, 0.25) is 0 Å². The van der Waals surface area contributed by atoms with Gasteiger partial charge in [0.05, 0.1) is 0 Å². The third kappa shape index (κ3) is 4.52. The molecule has 0 saturated carbocycles. The molecule has 0 saturated heterocycles. The van der Waals surface area contributed by atoms with Crippen LogP contribution in [0.3, 0.4) is 0 Å². The minimum Gasteiger partial charge on any atom is -0.357 e. The highest BCUT2D eigenvalue weighted by Crippen LogP contribution is 2.16. The van der Waals surface area contributed by atoms with Gasteiger partial charge in [-0.1, -0.05) is 32.0 Å². The molecule has 1 aromatic carbocycles. The second-order valence-corrected chi connectivity index (χ2v) is 5.52. The van der Waals surface area contributed by atoms with E-state index in [2.05, 4.69) is 34.0 Å². The van der Waals surface area contributed by atoms with E-state index in [0.717, 1.165) is 43.0 Å². The smallest absolute Gasteiger partial charge is 0.274 e. The van der Waals surface area contributed by atoms with Crippen molar-refractivity contribution in [2.75, 3.05) is 23.3 Å². The van der Waals surface area contributed by atoms with Crippen LogP contribution in [0.4, 0.5) is 11.5 Å². The van der Waals surface area contributed by atoms with Crippen LogP contribution in [-0.4, -0.2) is 29.0 Å². The Balaban J connectivity index is 2.18. The number of rotatable bonds is 7. The topological polar surface area (TPSA) is 58.1 Å². The van der Waals surface area contributed by atoms with E-state index in [0.29, 0.717) is 5.69 Å². The number of anilines is 2. The van der Waals surface area contributed by atoms with Crippen molar-refractivity contribution in [3.8, 4) is 0 Å². The van der Waals surface area contributed by atoms with Gasteiger partial charge in [-0.25, -0.2) is 9.97 Å². The van der Waals surface area contributed by atoms with Crippen LogP contribution in [0.1, 0.15) is 42.7 Å². The number of hydrogen-bond donors (Lipinski definition) is 1. The zero-order valence-corrected chi connectivity index (χ0v) is 14.0. The standard InChI is InChI=1S/C18H24N4O/c1-4-10-22(11-5-2)17-12-16(19-13-20-17)18(23)21-15-9-7-6-8-14(15)3/h6-9,12-13H,4-5,10-11H2,1-3H3,(H,21,23). The molecule has 0 radical (unpaired) electrons. The Hall–Kier alpha value is -2.43. The Morgan fingerprint density at radius 1 is 1.13 bits per heavy atom. The molecule has 5 nitrogen and oxygen atoms in total. The molecule has 0 aliphatic rings. The zero-order valence-electron chi connectivity index (χ0n) is 14.0. The van der Waals surface area contributed by atoms with Gasteiger partial charge in [0.2, 0.25) is 0 Å². The van der Waals surface area contributed by atoms with Gasteiger partial charge < -0.3 is 10.2 Å². The lowest BCUT2D eigenvalue weighted by atomic mass is 10.2. The molecule has 1 aromatic heterocycles. The summed E-state index contributed by atoms with van der Waals surface area (Å²) < 4.78 is 0. The fraction of sp³-hybridized carbons (Fsp3) is 0.389. The maximum Gasteiger partial charge on any atom is 0.274 e. The fourth-order valence-electron chi connectivity index (χ4n) is 2.42. The number of para-hydroxylation sites is 1. The molecule has 1 heterocycles. The first kappa shape index (κ1) is 16.9. The molecular weight excluding hydrogens is 288 g/mol. The minimum absolute atomic E-state index is 0.212. The van der Waals surface area contributed by atoms with Gasteiger partial charge in [-0.05, 0) is 31.4 Å². The first-order valence-corrected chi connectivity index (χ1v) is 8.09. The van der Waals surface area contributed by atoms with Crippen molar-refractivity contribution >= 4 is 17.4 Å². The Kier molecular flexibility index (Phi) is 6.09. The molecule has 122 valence electrons. The monoisotopic (exact) mass is 312 g/mol. The summed E-state index contributed by atoms with van der Waals surface area (Å²) in [4.78, 5) is 23.1. The number of nitrogens with zero attached hydrogens (tertiary/aromatic N) is 3. The zero-order chi connectivity index (χ0) is 16.7. The number of hydrogen-bond acceptors (Lipinski definition) is 4. The molecule has 0 aliphatic heterocycles. The van der Waals surface area contributed by atoms with Crippen molar-refractivity contribution in [2.24, 2.45) is 0 Å². The Labute approximate surface area is 137 Å². The van der Waals surface area contributed by atoms with Crippen molar-refractivity contribution in [1.29, 1.82) is 0 Å². The number of aromatic nitrogens is 2. The molecule has 0 atom stereocenters. The average molecular weight is 312 g/mol. The minimum atomic E-state index is -0.212. The maximum atomic E-state index is 12.4. The summed E-state index contributed by atoms with van der Waals surface area (Å²) in [6.07, 6.45) is 3.53. The second-order valence-electron chi connectivity index (χ2n) is 5.52. The Morgan fingerprint density at radius 3 is 2.48 bits per heavy atom. The number of amides is 1. The molecule has 0 fully saturated rings. The Bertz CT molecular complexity index is 651. The molecule has 23 heavy (non-hydrogen) atoms. The largest absolute Gasteiger partial charge is 0.357 e. The number of carbonyl (C=O) groups excluding carboxylic acids is 1. The normalized spacial score (nSPS) is 10.4. The second kappa shape index (κ2) is 8.27. The van der Waals surface area contributed by atoms with Crippen molar-refractivity contribution in [2.45, 2.75) is 33.6 Å². The van der Waals surface area contributed by atoms with Crippen LogP contribution in [0.25, 0.3) is 0 Å². The van der Waals surface area contributed by atoms with E-state index in [9.17, 15) is 4.79 Å². The van der Waals surface area contributed by atoms with Crippen LogP contribution in [0.5, 0.6) is 0 Å². The molecule has 2 rings (SSSR count). The third-order valence-corrected chi connectivity index (χ3v) is 3.59. The van der Waals surface area contributed by atoms with Gasteiger partial charge in [-0.3, -0.25) is 4.79 Å². The lowest BCUT2D eigenvalue weighted by Gasteiger charge is -2.22. The van der Waals surface area contributed by atoms with Gasteiger partial charge >= 0.3 is 0 Å². The molecule has 0 bridgehead atoms. The summed E-state index contributed by atoms with van der Waals surface area (Å²) in [7, 11) is 0. The van der Waals surface area contributed by atoms with E-state index in [-0.39, 0.29) is 5.91 Å². The Morgan fingerprint density at radius 2 is 1.83 bits per heavy atom. The van der Waals surface area contributed by atoms with Gasteiger partial charge in [0.1, 0.15) is 17.8 Å². The summed E-state index contributed by atoms with van der Waals surface area (Å²) in [5.41, 5.74) is 2.21. The van der Waals surface area contributed by atoms with Crippen molar-refractivity contribution in [1.82, 2.24) is 9.97 Å². The molecule has 2 aromatic rings.